The summed E-state index contributed by atoms with van der Waals surface area (Å²) in [6, 6.07) is 5.82. The zero-order chi connectivity index (χ0) is 14.6. The lowest BCUT2D eigenvalue weighted by Gasteiger charge is -2.16. The van der Waals surface area contributed by atoms with Crippen LogP contribution in [0.4, 0.5) is 4.39 Å². The molecule has 1 fully saturated rings. The topological polar surface area (TPSA) is 44.8 Å². The van der Waals surface area contributed by atoms with Gasteiger partial charge in [0.05, 0.1) is 6.61 Å². The minimum Gasteiger partial charge on any atom is -0.460 e. The van der Waals surface area contributed by atoms with Gasteiger partial charge >= 0.3 is 5.97 Å². The van der Waals surface area contributed by atoms with Crippen molar-refractivity contribution < 1.29 is 23.4 Å². The molecule has 0 bridgehead atoms. The van der Waals surface area contributed by atoms with E-state index in [9.17, 15) is 9.18 Å². The first kappa shape index (κ1) is 14.7. The lowest BCUT2D eigenvalue weighted by Crippen LogP contribution is -2.24. The molecule has 1 aromatic carbocycles. The minimum atomic E-state index is -0.624. The highest BCUT2D eigenvalue weighted by atomic mass is 19.1. The van der Waals surface area contributed by atoms with Crippen LogP contribution < -0.4 is 0 Å². The number of halogens is 1. The summed E-state index contributed by atoms with van der Waals surface area (Å²) in [7, 11) is 0. The molecule has 1 aliphatic heterocycles. The van der Waals surface area contributed by atoms with Crippen LogP contribution in [0.2, 0.25) is 0 Å². The van der Waals surface area contributed by atoms with Crippen LogP contribution in [0, 0.1) is 5.82 Å². The lowest BCUT2D eigenvalue weighted by molar-refractivity contribution is -0.154. The van der Waals surface area contributed by atoms with Crippen LogP contribution in [0.5, 0.6) is 0 Å². The second kappa shape index (κ2) is 6.15. The van der Waals surface area contributed by atoms with E-state index in [0.29, 0.717) is 6.61 Å². The molecule has 1 heterocycles. The van der Waals surface area contributed by atoms with Gasteiger partial charge in [0, 0.05) is 6.08 Å². The second-order valence-corrected chi connectivity index (χ2v) is 4.97. The Bertz CT molecular complexity index is 493. The van der Waals surface area contributed by atoms with E-state index < -0.39 is 11.8 Å². The summed E-state index contributed by atoms with van der Waals surface area (Å²) in [6.07, 6.45) is 2.62. The predicted molar refractivity (Wildman–Crippen MR) is 71.3 cm³/mol. The van der Waals surface area contributed by atoms with Crippen molar-refractivity contribution in [2.75, 3.05) is 13.2 Å². The number of rotatable bonds is 4. The Morgan fingerprint density at radius 2 is 2.15 bits per heavy atom. The van der Waals surface area contributed by atoms with E-state index in [0.717, 1.165) is 5.56 Å². The minimum absolute atomic E-state index is 0.149. The Kier molecular flexibility index (Phi) is 4.52. The smallest absolute Gasteiger partial charge is 0.330 e. The van der Waals surface area contributed by atoms with Gasteiger partial charge in [0.15, 0.2) is 5.79 Å². The molecule has 0 N–H and O–H groups in total. The van der Waals surface area contributed by atoms with Gasteiger partial charge in [0.25, 0.3) is 0 Å². The van der Waals surface area contributed by atoms with Gasteiger partial charge in [0.1, 0.15) is 18.5 Å². The zero-order valence-corrected chi connectivity index (χ0v) is 11.5. The van der Waals surface area contributed by atoms with E-state index in [2.05, 4.69) is 0 Å². The Morgan fingerprint density at radius 1 is 1.45 bits per heavy atom. The molecule has 1 saturated heterocycles. The summed E-state index contributed by atoms with van der Waals surface area (Å²) in [4.78, 5) is 11.5. The third-order valence-electron chi connectivity index (χ3n) is 2.76. The molecular weight excluding hydrogens is 263 g/mol. The number of ether oxygens (including phenoxy) is 3. The molecule has 0 spiro atoms. The second-order valence-electron chi connectivity index (χ2n) is 4.97. The summed E-state index contributed by atoms with van der Waals surface area (Å²) < 4.78 is 28.6. The van der Waals surface area contributed by atoms with E-state index in [1.54, 1.807) is 18.2 Å². The van der Waals surface area contributed by atoms with Crippen LogP contribution in [0.25, 0.3) is 6.08 Å². The van der Waals surface area contributed by atoms with Gasteiger partial charge in [-0.2, -0.15) is 0 Å². The summed E-state index contributed by atoms with van der Waals surface area (Å²) in [5.41, 5.74) is 0.727. The van der Waals surface area contributed by atoms with Crippen molar-refractivity contribution in [3.63, 3.8) is 0 Å². The van der Waals surface area contributed by atoms with Crippen molar-refractivity contribution in [3.8, 4) is 0 Å². The number of carbonyl (C=O) groups is 1. The summed E-state index contributed by atoms with van der Waals surface area (Å²) >= 11 is 0. The van der Waals surface area contributed by atoms with Gasteiger partial charge in [-0.25, -0.2) is 9.18 Å². The number of esters is 1. The molecule has 0 aliphatic carbocycles. The first-order valence-electron chi connectivity index (χ1n) is 6.37. The normalized spacial score (nSPS) is 21.2. The van der Waals surface area contributed by atoms with Crippen LogP contribution in [0.3, 0.4) is 0 Å². The first-order valence-corrected chi connectivity index (χ1v) is 6.37. The van der Waals surface area contributed by atoms with Gasteiger partial charge < -0.3 is 14.2 Å². The summed E-state index contributed by atoms with van der Waals surface area (Å²) in [5.74, 6) is -1.41. The Balaban J connectivity index is 1.77. The standard InChI is InChI=1S/C15H17FO4/c1-15(2)19-10-13(20-15)9-18-14(17)8-5-11-3-6-12(16)7-4-11/h3-8,13H,9-10H2,1-2H3. The van der Waals surface area contributed by atoms with E-state index in [-0.39, 0.29) is 18.5 Å². The van der Waals surface area contributed by atoms with E-state index >= 15 is 0 Å². The maximum absolute atomic E-state index is 12.7. The van der Waals surface area contributed by atoms with Crippen LogP contribution >= 0.6 is 0 Å². The van der Waals surface area contributed by atoms with Crippen LogP contribution in [-0.2, 0) is 19.0 Å². The Morgan fingerprint density at radius 3 is 2.75 bits per heavy atom. The molecule has 1 atom stereocenters. The maximum Gasteiger partial charge on any atom is 0.330 e. The molecule has 0 radical (unpaired) electrons. The highest BCUT2D eigenvalue weighted by molar-refractivity contribution is 5.87. The van der Waals surface area contributed by atoms with Crippen molar-refractivity contribution >= 4 is 12.0 Å². The highest BCUT2D eigenvalue weighted by Crippen LogP contribution is 2.22. The fourth-order valence-corrected chi connectivity index (χ4v) is 1.81. The van der Waals surface area contributed by atoms with Gasteiger partial charge in [0.2, 0.25) is 0 Å². The maximum atomic E-state index is 12.7. The number of benzene rings is 1. The van der Waals surface area contributed by atoms with Crippen molar-refractivity contribution in [3.05, 3.63) is 41.7 Å². The third kappa shape index (κ3) is 4.43. The van der Waals surface area contributed by atoms with E-state index in [1.165, 1.54) is 18.2 Å². The fourth-order valence-electron chi connectivity index (χ4n) is 1.81. The van der Waals surface area contributed by atoms with Crippen LogP contribution in [-0.4, -0.2) is 31.1 Å². The molecule has 2 rings (SSSR count). The number of hydrogen-bond acceptors (Lipinski definition) is 4. The molecule has 0 amide bonds. The highest BCUT2D eigenvalue weighted by Gasteiger charge is 2.33. The van der Waals surface area contributed by atoms with Gasteiger partial charge in [-0.3, -0.25) is 0 Å². The SMILES string of the molecule is CC1(C)OCC(COC(=O)C=Cc2ccc(F)cc2)O1. The summed E-state index contributed by atoms with van der Waals surface area (Å²) in [6.45, 7) is 4.17. The fraction of sp³-hybridized carbons (Fsp3) is 0.400. The third-order valence-corrected chi connectivity index (χ3v) is 2.76. The zero-order valence-electron chi connectivity index (χ0n) is 11.5. The number of hydrogen-bond donors (Lipinski definition) is 0. The van der Waals surface area contributed by atoms with Crippen molar-refractivity contribution in [2.45, 2.75) is 25.7 Å². The first-order chi connectivity index (χ1) is 9.44. The monoisotopic (exact) mass is 280 g/mol. The molecule has 5 heteroatoms. The van der Waals surface area contributed by atoms with Crippen LogP contribution in [0.1, 0.15) is 19.4 Å². The van der Waals surface area contributed by atoms with Crippen LogP contribution in [0.15, 0.2) is 30.3 Å². The molecular formula is C15H17FO4. The Labute approximate surface area is 117 Å². The summed E-state index contributed by atoms with van der Waals surface area (Å²) in [5, 5.41) is 0. The van der Waals surface area contributed by atoms with Gasteiger partial charge in [-0.15, -0.1) is 0 Å². The molecule has 0 aromatic heterocycles. The molecule has 108 valence electrons. The molecule has 1 unspecified atom stereocenters. The molecule has 4 nitrogen and oxygen atoms in total. The predicted octanol–water partition coefficient (Wildman–Crippen LogP) is 2.53. The quantitative estimate of drug-likeness (QED) is 0.628. The molecule has 1 aromatic rings. The van der Waals surface area contributed by atoms with Gasteiger partial charge in [-0.1, -0.05) is 12.1 Å². The molecule has 1 aliphatic rings. The van der Waals surface area contributed by atoms with E-state index in [1.807, 2.05) is 13.8 Å². The number of carbonyl (C=O) groups excluding carboxylic acids is 1. The molecule has 20 heavy (non-hydrogen) atoms. The molecule has 0 saturated carbocycles. The van der Waals surface area contributed by atoms with E-state index in [4.69, 9.17) is 14.2 Å². The average molecular weight is 280 g/mol. The van der Waals surface area contributed by atoms with Gasteiger partial charge in [-0.05, 0) is 37.6 Å². The Hall–Kier alpha value is -1.72. The largest absolute Gasteiger partial charge is 0.460 e. The van der Waals surface area contributed by atoms with Crippen molar-refractivity contribution in [1.82, 2.24) is 0 Å². The van der Waals surface area contributed by atoms with Crippen molar-refractivity contribution in [1.29, 1.82) is 0 Å². The lowest BCUT2D eigenvalue weighted by atomic mass is 10.2. The van der Waals surface area contributed by atoms with Crippen molar-refractivity contribution in [2.24, 2.45) is 0 Å². The average Bonchev–Trinajstić information content (AvgIpc) is 2.75.